The van der Waals surface area contributed by atoms with Gasteiger partial charge in [0.2, 0.25) is 17.7 Å². The fourth-order valence-electron chi connectivity index (χ4n) is 5.81. The number of benzene rings is 1. The molecule has 1 saturated heterocycles. The van der Waals surface area contributed by atoms with Gasteiger partial charge in [-0.25, -0.2) is 4.79 Å². The van der Waals surface area contributed by atoms with Crippen LogP contribution in [0.5, 0.6) is 0 Å². The zero-order valence-electron chi connectivity index (χ0n) is 27.6. The minimum Gasteiger partial charge on any atom is -0.480 e. The van der Waals surface area contributed by atoms with Crippen LogP contribution < -0.4 is 26.1 Å². The van der Waals surface area contributed by atoms with Crippen LogP contribution in [0.25, 0.3) is 10.9 Å². The van der Waals surface area contributed by atoms with Crippen LogP contribution >= 0.6 is 0 Å². The summed E-state index contributed by atoms with van der Waals surface area (Å²) in [4.78, 5) is 70.1. The number of aromatic nitrogens is 1. The topological polar surface area (TPSA) is 168 Å². The molecule has 1 aliphatic heterocycles. The molecule has 0 saturated carbocycles. The smallest absolute Gasteiger partial charge is 0.326 e. The Hall–Kier alpha value is -3.93. The Morgan fingerprint density at radius 3 is 2.39 bits per heavy atom. The van der Waals surface area contributed by atoms with Crippen molar-refractivity contribution in [3.8, 4) is 0 Å². The number of unbranched alkanes of at least 4 members (excludes halogenated alkanes) is 2. The average molecular weight is 642 g/mol. The lowest BCUT2D eigenvalue weighted by atomic mass is 9.97. The maximum atomic E-state index is 13.9. The van der Waals surface area contributed by atoms with Gasteiger partial charge in [0.15, 0.2) is 0 Å². The predicted molar refractivity (Wildman–Crippen MR) is 175 cm³/mol. The van der Waals surface area contributed by atoms with Crippen molar-refractivity contribution in [2.24, 2.45) is 5.92 Å². The number of hydrogen-bond acceptors (Lipinski definition) is 7. The fraction of sp³-hybridized carbons (Fsp3) is 0.618. The Morgan fingerprint density at radius 2 is 1.74 bits per heavy atom. The maximum Gasteiger partial charge on any atom is 0.326 e. The van der Waals surface area contributed by atoms with Gasteiger partial charge in [0, 0.05) is 30.8 Å². The third-order valence-corrected chi connectivity index (χ3v) is 8.89. The second-order valence-electron chi connectivity index (χ2n) is 12.2. The zero-order chi connectivity index (χ0) is 33.6. The predicted octanol–water partition coefficient (Wildman–Crippen LogP) is 2.90. The lowest BCUT2D eigenvalue weighted by molar-refractivity contribution is -0.143. The molecule has 12 heteroatoms. The molecule has 5 N–H and O–H groups in total. The molecule has 5 atom stereocenters. The minimum atomic E-state index is -1.16. The van der Waals surface area contributed by atoms with Crippen LogP contribution in [0.4, 0.5) is 0 Å². The van der Waals surface area contributed by atoms with Gasteiger partial charge in [0.05, 0.1) is 11.6 Å². The highest BCUT2D eigenvalue weighted by molar-refractivity contribution is 5.95. The van der Waals surface area contributed by atoms with E-state index in [0.29, 0.717) is 51.4 Å². The monoisotopic (exact) mass is 641 g/mol. The molecule has 46 heavy (non-hydrogen) atoms. The number of carboxylic acids is 1. The number of nitrogens with zero attached hydrogens (tertiary/aromatic N) is 1. The number of amides is 3. The van der Waals surface area contributed by atoms with Gasteiger partial charge in [-0.3, -0.25) is 19.2 Å². The number of rotatable bonds is 19. The molecule has 0 spiro atoms. The number of Topliss-reactive ketones (excluding diaryl/α,β-unsaturated/α-hetero) is 1. The number of para-hydroxylation sites is 1. The van der Waals surface area contributed by atoms with E-state index in [2.05, 4.69) is 21.3 Å². The number of carboxylic acid groups (broad SMARTS) is 1. The summed E-state index contributed by atoms with van der Waals surface area (Å²) in [5.74, 6) is -2.75. The van der Waals surface area contributed by atoms with Gasteiger partial charge in [-0.15, -0.1) is 0 Å². The van der Waals surface area contributed by atoms with E-state index in [-0.39, 0.29) is 24.0 Å². The second kappa shape index (κ2) is 18.3. The normalized spacial score (nSPS) is 17.3. The van der Waals surface area contributed by atoms with Crippen LogP contribution in [0, 0.1) is 5.92 Å². The molecule has 1 aromatic heterocycles. The summed E-state index contributed by atoms with van der Waals surface area (Å²) in [6, 6.07) is 3.89. The summed E-state index contributed by atoms with van der Waals surface area (Å²) in [7, 11) is 1.53. The first kappa shape index (κ1) is 36.5. The number of piperidine rings is 1. The SMILES string of the molecule is CCC(=O)CCCCC[C@H](NC(=O)[C@H]1CCCCN1)C(=O)N[C@@H](Cc1cn(OC)c2ccccc12)C(=O)N[C@H](C(=O)O)C(C)CC. The first-order valence-corrected chi connectivity index (χ1v) is 16.6. The Labute approximate surface area is 271 Å². The molecule has 2 heterocycles. The molecule has 12 nitrogen and oxygen atoms in total. The van der Waals surface area contributed by atoms with E-state index in [0.717, 1.165) is 35.9 Å². The van der Waals surface area contributed by atoms with Gasteiger partial charge in [0.25, 0.3) is 0 Å². The Kier molecular flexibility index (Phi) is 14.5. The average Bonchev–Trinajstić information content (AvgIpc) is 3.42. The summed E-state index contributed by atoms with van der Waals surface area (Å²) in [6.07, 6.45) is 8.18. The number of ketones is 1. The number of aliphatic carboxylic acids is 1. The molecule has 1 unspecified atom stereocenters. The molecule has 1 aromatic carbocycles. The molecule has 0 bridgehead atoms. The molecular weight excluding hydrogens is 590 g/mol. The third kappa shape index (κ3) is 10.3. The molecule has 1 fully saturated rings. The van der Waals surface area contributed by atoms with Crippen LogP contribution in [0.15, 0.2) is 30.5 Å². The van der Waals surface area contributed by atoms with Crippen LogP contribution in [0.1, 0.15) is 90.5 Å². The third-order valence-electron chi connectivity index (χ3n) is 8.89. The van der Waals surface area contributed by atoms with Gasteiger partial charge in [-0.05, 0) is 49.8 Å². The van der Waals surface area contributed by atoms with E-state index in [9.17, 15) is 29.1 Å². The quantitative estimate of drug-likeness (QED) is 0.146. The molecule has 2 aromatic rings. The van der Waals surface area contributed by atoms with Crippen LogP contribution in [-0.4, -0.2) is 77.1 Å². The first-order valence-electron chi connectivity index (χ1n) is 16.6. The van der Waals surface area contributed by atoms with Gasteiger partial charge in [-0.1, -0.05) is 64.7 Å². The lowest BCUT2D eigenvalue weighted by Gasteiger charge is -2.28. The number of fused-ring (bicyclic) bond motifs is 1. The van der Waals surface area contributed by atoms with Crippen molar-refractivity contribution < 1.29 is 33.9 Å². The van der Waals surface area contributed by atoms with Gasteiger partial charge < -0.3 is 31.2 Å². The van der Waals surface area contributed by atoms with Crippen molar-refractivity contribution in [3.63, 3.8) is 0 Å². The van der Waals surface area contributed by atoms with Gasteiger partial charge in [0.1, 0.15) is 31.0 Å². The molecule has 3 rings (SSSR count). The van der Waals surface area contributed by atoms with E-state index in [1.165, 1.54) is 7.11 Å². The molecular formula is C34H51N5O7. The van der Waals surface area contributed by atoms with Crippen molar-refractivity contribution in [1.29, 1.82) is 0 Å². The van der Waals surface area contributed by atoms with Crippen molar-refractivity contribution in [2.45, 2.75) is 116 Å². The summed E-state index contributed by atoms with van der Waals surface area (Å²) in [5.41, 5.74) is 1.50. The van der Waals surface area contributed by atoms with Crippen molar-refractivity contribution in [1.82, 2.24) is 26.0 Å². The van der Waals surface area contributed by atoms with E-state index >= 15 is 0 Å². The highest BCUT2D eigenvalue weighted by Gasteiger charge is 2.33. The van der Waals surface area contributed by atoms with Crippen molar-refractivity contribution in [3.05, 3.63) is 36.0 Å². The van der Waals surface area contributed by atoms with Crippen molar-refractivity contribution >= 4 is 40.4 Å². The Balaban J connectivity index is 1.86. The van der Waals surface area contributed by atoms with Gasteiger partial charge >= 0.3 is 5.97 Å². The zero-order valence-corrected chi connectivity index (χ0v) is 27.6. The van der Waals surface area contributed by atoms with Crippen LogP contribution in [-0.2, 0) is 30.4 Å². The number of nitrogens with one attached hydrogen (secondary N) is 4. The summed E-state index contributed by atoms with van der Waals surface area (Å²) in [6.45, 7) is 6.15. The van der Waals surface area contributed by atoms with Crippen LogP contribution in [0.2, 0.25) is 0 Å². The molecule has 3 amide bonds. The molecule has 1 aliphatic rings. The standard InChI is InChI=1S/C34H51N5O7/c1-5-22(3)30(34(44)45)38-33(43)28(20-23-21-39(46-4)29-18-11-10-15-25(23)29)37-32(42)27(17-9-7-8-14-24(40)6-2)36-31(41)26-16-12-13-19-35-26/h10-11,15,18,21-22,26-28,30,35H,5-9,12-14,16-17,19-20H2,1-4H3,(H,36,41)(H,37,42)(H,38,43)(H,44,45)/t22?,26-,27+,28+,30+/m1/s1. The Morgan fingerprint density at radius 1 is 1.00 bits per heavy atom. The number of hydrogen-bond donors (Lipinski definition) is 5. The summed E-state index contributed by atoms with van der Waals surface area (Å²) >= 11 is 0. The Bertz CT molecular complexity index is 1340. The first-order chi connectivity index (χ1) is 22.1. The van der Waals surface area contributed by atoms with Crippen LogP contribution in [0.3, 0.4) is 0 Å². The van der Waals surface area contributed by atoms with Gasteiger partial charge in [-0.2, -0.15) is 4.73 Å². The summed E-state index contributed by atoms with van der Waals surface area (Å²) < 4.78 is 1.57. The van der Waals surface area contributed by atoms with E-state index in [1.54, 1.807) is 17.9 Å². The summed E-state index contributed by atoms with van der Waals surface area (Å²) in [5, 5.41) is 22.3. The maximum absolute atomic E-state index is 13.9. The molecule has 0 aliphatic carbocycles. The lowest BCUT2D eigenvalue weighted by Crippen LogP contribution is -2.58. The highest BCUT2D eigenvalue weighted by Crippen LogP contribution is 2.22. The van der Waals surface area contributed by atoms with Crippen molar-refractivity contribution in [2.75, 3.05) is 13.7 Å². The van der Waals surface area contributed by atoms with E-state index in [1.807, 2.05) is 38.1 Å². The molecule has 254 valence electrons. The number of carbonyl (C=O) groups excluding carboxylic acids is 4. The largest absolute Gasteiger partial charge is 0.480 e. The fourth-order valence-corrected chi connectivity index (χ4v) is 5.81. The van der Waals surface area contributed by atoms with E-state index in [4.69, 9.17) is 4.84 Å². The minimum absolute atomic E-state index is 0.0608. The van der Waals surface area contributed by atoms with E-state index < -0.39 is 42.0 Å². The highest BCUT2D eigenvalue weighted by atomic mass is 16.6. The second-order valence-corrected chi connectivity index (χ2v) is 12.2. The molecule has 0 radical (unpaired) electrons. The number of carbonyl (C=O) groups is 5.